The summed E-state index contributed by atoms with van der Waals surface area (Å²) in [5.74, 6) is -2.19. The first-order valence-corrected chi connectivity index (χ1v) is 11.3. The van der Waals surface area contributed by atoms with Crippen LogP contribution in [-0.2, 0) is 16.0 Å². The molecule has 0 amide bonds. The van der Waals surface area contributed by atoms with E-state index in [9.17, 15) is 14.3 Å². The Kier molecular flexibility index (Phi) is 6.69. The number of carbonyl (C=O) groups excluding carboxylic acids is 1. The fraction of sp³-hybridized carbons (Fsp3) is 0.370. The van der Waals surface area contributed by atoms with Gasteiger partial charge in [-0.2, -0.15) is 0 Å². The molecule has 0 saturated heterocycles. The molecule has 1 aliphatic carbocycles. The van der Waals surface area contributed by atoms with Gasteiger partial charge in [0.1, 0.15) is 17.3 Å². The molecular formula is C27H28F3NO3. The van der Waals surface area contributed by atoms with E-state index in [0.29, 0.717) is 12.8 Å². The molecule has 0 saturated carbocycles. The number of alkyl halides is 1. The second-order valence-electron chi connectivity index (χ2n) is 9.29. The molecule has 1 unspecified atom stereocenters. The van der Waals surface area contributed by atoms with Crippen LogP contribution in [0.3, 0.4) is 0 Å². The second kappa shape index (κ2) is 9.39. The Morgan fingerprint density at radius 1 is 1.26 bits per heavy atom. The van der Waals surface area contributed by atoms with Gasteiger partial charge in [0, 0.05) is 24.2 Å². The summed E-state index contributed by atoms with van der Waals surface area (Å²) in [4.78, 5) is 13.1. The van der Waals surface area contributed by atoms with Crippen LogP contribution in [0.25, 0.3) is 11.6 Å². The van der Waals surface area contributed by atoms with E-state index in [-0.39, 0.29) is 23.7 Å². The SMILES string of the molecule is COC(=O)/C=C/c1cc(F)c([C@@H]2C3=C(C[C@@H](C)N2CC(C)(F)CO)c2ccccc2C3)c(F)c1. The standard InChI is InChI=1S/C27H28F3NO3/c1-16-10-20-19-7-5-4-6-18(19)13-21(20)26(31(16)14-27(2,30)15-32)25-22(28)11-17(12-23(25)29)8-9-24(33)34-3/h4-9,11-12,16,26,32H,10,13-15H2,1-3H3/b9-8+/t16-,26+,27?/m1/s1. The molecule has 1 heterocycles. The molecule has 3 atom stereocenters. The zero-order valence-electron chi connectivity index (χ0n) is 19.4. The third kappa shape index (κ3) is 4.55. The van der Waals surface area contributed by atoms with Gasteiger partial charge in [-0.1, -0.05) is 24.3 Å². The van der Waals surface area contributed by atoms with Crippen molar-refractivity contribution in [3.05, 3.63) is 81.9 Å². The molecule has 1 N–H and O–H groups in total. The van der Waals surface area contributed by atoms with Crippen LogP contribution in [0, 0.1) is 11.6 Å². The van der Waals surface area contributed by atoms with E-state index < -0.39 is 35.9 Å². The van der Waals surface area contributed by atoms with Crippen LogP contribution in [0.5, 0.6) is 0 Å². The Morgan fingerprint density at radius 3 is 2.59 bits per heavy atom. The van der Waals surface area contributed by atoms with Gasteiger partial charge < -0.3 is 9.84 Å². The third-order valence-electron chi connectivity index (χ3n) is 6.67. The molecule has 4 nitrogen and oxygen atoms in total. The van der Waals surface area contributed by atoms with E-state index in [1.807, 2.05) is 31.2 Å². The van der Waals surface area contributed by atoms with Gasteiger partial charge in [-0.05, 0) is 72.7 Å². The molecule has 34 heavy (non-hydrogen) atoms. The fourth-order valence-electron chi connectivity index (χ4n) is 5.04. The lowest BCUT2D eigenvalue weighted by Gasteiger charge is -2.44. The number of hydrogen-bond acceptors (Lipinski definition) is 4. The maximum absolute atomic E-state index is 15.5. The van der Waals surface area contributed by atoms with E-state index in [0.717, 1.165) is 40.5 Å². The van der Waals surface area contributed by atoms with Crippen molar-refractivity contribution in [3.63, 3.8) is 0 Å². The van der Waals surface area contributed by atoms with Crippen molar-refractivity contribution in [2.45, 2.75) is 44.4 Å². The summed E-state index contributed by atoms with van der Waals surface area (Å²) < 4.78 is 50.6. The van der Waals surface area contributed by atoms with Crippen LogP contribution in [0.2, 0.25) is 0 Å². The van der Waals surface area contributed by atoms with Crippen LogP contribution in [-0.4, -0.2) is 47.9 Å². The number of ether oxygens (including phenoxy) is 1. The van der Waals surface area contributed by atoms with Crippen molar-refractivity contribution in [2.75, 3.05) is 20.3 Å². The van der Waals surface area contributed by atoms with E-state index in [1.54, 1.807) is 4.90 Å². The zero-order chi connectivity index (χ0) is 24.6. The first-order chi connectivity index (χ1) is 16.1. The molecule has 180 valence electrons. The van der Waals surface area contributed by atoms with Crippen molar-refractivity contribution in [1.29, 1.82) is 0 Å². The molecule has 0 fully saturated rings. The molecule has 0 radical (unpaired) electrons. The van der Waals surface area contributed by atoms with Gasteiger partial charge in [0.15, 0.2) is 0 Å². The monoisotopic (exact) mass is 471 g/mol. The number of aliphatic hydroxyl groups excluding tert-OH is 1. The number of benzene rings is 2. The van der Waals surface area contributed by atoms with Crippen molar-refractivity contribution in [3.8, 4) is 0 Å². The molecule has 0 spiro atoms. The predicted molar refractivity (Wildman–Crippen MR) is 125 cm³/mol. The molecule has 2 aromatic carbocycles. The smallest absolute Gasteiger partial charge is 0.330 e. The molecule has 4 rings (SSSR count). The van der Waals surface area contributed by atoms with Crippen molar-refractivity contribution >= 4 is 17.6 Å². The number of halogens is 3. The second-order valence-corrected chi connectivity index (χ2v) is 9.29. The lowest BCUT2D eigenvalue weighted by molar-refractivity contribution is -0.134. The van der Waals surface area contributed by atoms with Gasteiger partial charge in [-0.25, -0.2) is 18.0 Å². The largest absolute Gasteiger partial charge is 0.466 e. The zero-order valence-corrected chi connectivity index (χ0v) is 19.4. The van der Waals surface area contributed by atoms with Gasteiger partial charge in [0.2, 0.25) is 0 Å². The van der Waals surface area contributed by atoms with Crippen molar-refractivity contribution in [2.24, 2.45) is 0 Å². The highest BCUT2D eigenvalue weighted by molar-refractivity contribution is 5.87. The minimum absolute atomic E-state index is 0.157. The quantitative estimate of drug-likeness (QED) is 0.475. The minimum Gasteiger partial charge on any atom is -0.466 e. The van der Waals surface area contributed by atoms with Gasteiger partial charge in [-0.15, -0.1) is 0 Å². The lowest BCUT2D eigenvalue weighted by atomic mass is 9.83. The van der Waals surface area contributed by atoms with E-state index in [2.05, 4.69) is 4.74 Å². The van der Waals surface area contributed by atoms with E-state index in [1.165, 1.54) is 20.1 Å². The average Bonchev–Trinajstić information content (AvgIpc) is 3.16. The Balaban J connectivity index is 1.83. The van der Waals surface area contributed by atoms with Crippen molar-refractivity contribution in [1.82, 2.24) is 4.90 Å². The van der Waals surface area contributed by atoms with E-state index in [4.69, 9.17) is 0 Å². The van der Waals surface area contributed by atoms with Gasteiger partial charge in [-0.3, -0.25) is 4.90 Å². The van der Waals surface area contributed by atoms with Crippen LogP contribution >= 0.6 is 0 Å². The van der Waals surface area contributed by atoms with Gasteiger partial charge >= 0.3 is 5.97 Å². The number of fused-ring (bicyclic) bond motifs is 2. The average molecular weight is 472 g/mol. The highest BCUT2D eigenvalue weighted by atomic mass is 19.1. The highest BCUT2D eigenvalue weighted by Crippen LogP contribution is 2.50. The lowest BCUT2D eigenvalue weighted by Crippen LogP contribution is -2.49. The number of nitrogens with zero attached hydrogens (tertiary/aromatic N) is 1. The number of rotatable bonds is 6. The van der Waals surface area contributed by atoms with Crippen LogP contribution in [0.1, 0.15) is 48.6 Å². The summed E-state index contributed by atoms with van der Waals surface area (Å²) >= 11 is 0. The van der Waals surface area contributed by atoms with Crippen LogP contribution in [0.4, 0.5) is 13.2 Å². The summed E-state index contributed by atoms with van der Waals surface area (Å²) in [7, 11) is 1.21. The first-order valence-electron chi connectivity index (χ1n) is 11.3. The minimum atomic E-state index is -1.94. The first kappa shape index (κ1) is 24.2. The molecule has 1 aliphatic heterocycles. The number of methoxy groups -OCH3 is 1. The Bertz CT molecular complexity index is 1150. The van der Waals surface area contributed by atoms with Crippen LogP contribution < -0.4 is 0 Å². The maximum Gasteiger partial charge on any atom is 0.330 e. The Hall–Kier alpha value is -2.90. The number of hydrogen-bond donors (Lipinski definition) is 1. The Labute approximate surface area is 197 Å². The molecular weight excluding hydrogens is 443 g/mol. The fourth-order valence-corrected chi connectivity index (χ4v) is 5.04. The van der Waals surface area contributed by atoms with Gasteiger partial charge in [0.05, 0.1) is 19.8 Å². The topological polar surface area (TPSA) is 49.8 Å². The summed E-state index contributed by atoms with van der Waals surface area (Å²) in [5.41, 5.74) is 2.12. The summed E-state index contributed by atoms with van der Waals surface area (Å²) in [6.07, 6.45) is 3.51. The van der Waals surface area contributed by atoms with Gasteiger partial charge in [0.25, 0.3) is 0 Å². The maximum atomic E-state index is 15.5. The number of carbonyl (C=O) groups is 1. The van der Waals surface area contributed by atoms with Crippen LogP contribution in [0.15, 0.2) is 48.0 Å². The third-order valence-corrected chi connectivity index (χ3v) is 6.67. The number of esters is 1. The van der Waals surface area contributed by atoms with Crippen molar-refractivity contribution < 1.29 is 27.8 Å². The number of aliphatic hydroxyl groups is 1. The summed E-state index contributed by atoms with van der Waals surface area (Å²) in [5, 5.41) is 9.56. The molecule has 0 aromatic heterocycles. The summed E-state index contributed by atoms with van der Waals surface area (Å²) in [6.45, 7) is 2.33. The molecule has 2 aromatic rings. The van der Waals surface area contributed by atoms with E-state index >= 15 is 8.78 Å². The predicted octanol–water partition coefficient (Wildman–Crippen LogP) is 5.02. The summed E-state index contributed by atoms with van der Waals surface area (Å²) in [6, 6.07) is 9.17. The highest BCUT2D eigenvalue weighted by Gasteiger charge is 2.43. The molecule has 7 heteroatoms. The molecule has 0 bridgehead atoms. The normalized spacial score (nSPS) is 22.0. The Morgan fingerprint density at radius 2 is 1.94 bits per heavy atom. The molecule has 2 aliphatic rings.